The minimum atomic E-state index is -0.101. The van der Waals surface area contributed by atoms with Gasteiger partial charge in [-0.15, -0.1) is 0 Å². The molecule has 0 unspecified atom stereocenters. The van der Waals surface area contributed by atoms with E-state index < -0.39 is 0 Å². The van der Waals surface area contributed by atoms with Crippen LogP contribution in [-0.2, 0) is 4.79 Å². The van der Waals surface area contributed by atoms with Gasteiger partial charge in [-0.3, -0.25) is 9.59 Å². The number of rotatable bonds is 5. The van der Waals surface area contributed by atoms with Crippen LogP contribution >= 0.6 is 0 Å². The van der Waals surface area contributed by atoms with Crippen molar-refractivity contribution in [3.05, 3.63) is 17.6 Å². The summed E-state index contributed by atoms with van der Waals surface area (Å²) in [5.74, 6) is 1.83. The van der Waals surface area contributed by atoms with E-state index in [0.717, 1.165) is 13.0 Å². The Bertz CT molecular complexity index is 595. The third-order valence-electron chi connectivity index (χ3n) is 4.10. The maximum atomic E-state index is 12.7. The predicted molar refractivity (Wildman–Crippen MR) is 92.9 cm³/mol. The van der Waals surface area contributed by atoms with E-state index in [-0.39, 0.29) is 11.8 Å². The third-order valence-corrected chi connectivity index (χ3v) is 4.10. The number of anilines is 1. The molecule has 1 aromatic heterocycles. The summed E-state index contributed by atoms with van der Waals surface area (Å²) in [6.45, 7) is 10.7. The summed E-state index contributed by atoms with van der Waals surface area (Å²) >= 11 is 0. The van der Waals surface area contributed by atoms with Gasteiger partial charge in [-0.1, -0.05) is 13.8 Å². The fourth-order valence-corrected chi connectivity index (χ4v) is 2.64. The van der Waals surface area contributed by atoms with Crippen molar-refractivity contribution in [1.29, 1.82) is 0 Å². The van der Waals surface area contributed by atoms with Gasteiger partial charge in [0.2, 0.25) is 5.91 Å². The summed E-state index contributed by atoms with van der Waals surface area (Å²) in [6.07, 6.45) is 1.04. The molecule has 1 aromatic rings. The highest BCUT2D eigenvalue weighted by Crippen LogP contribution is 2.12. The molecule has 0 spiro atoms. The van der Waals surface area contributed by atoms with Crippen LogP contribution in [0.1, 0.15) is 43.5 Å². The zero-order valence-corrected chi connectivity index (χ0v) is 15.0. The number of nitrogens with one attached hydrogen (secondary N) is 1. The first-order valence-electron chi connectivity index (χ1n) is 8.51. The standard InChI is InChI=1S/C17H27N5O2/c1-12(2)5-6-18-16-11-15(19-13(3)20-16)17(24)22-9-7-21(8-10-22)14(4)23/h11-12H,5-10H2,1-4H3,(H,18,19,20). The lowest BCUT2D eigenvalue weighted by atomic mass is 10.1. The van der Waals surface area contributed by atoms with Crippen molar-refractivity contribution in [3.63, 3.8) is 0 Å². The Morgan fingerprint density at radius 1 is 1.17 bits per heavy atom. The van der Waals surface area contributed by atoms with Gasteiger partial charge in [-0.2, -0.15) is 0 Å². The number of hydrogen-bond donors (Lipinski definition) is 1. The average Bonchev–Trinajstić information content (AvgIpc) is 2.53. The zero-order chi connectivity index (χ0) is 17.7. The molecule has 24 heavy (non-hydrogen) atoms. The van der Waals surface area contributed by atoms with Crippen LogP contribution in [0.25, 0.3) is 0 Å². The van der Waals surface area contributed by atoms with Gasteiger partial charge in [0.05, 0.1) is 0 Å². The monoisotopic (exact) mass is 333 g/mol. The van der Waals surface area contributed by atoms with Gasteiger partial charge in [0.15, 0.2) is 0 Å². The highest BCUT2D eigenvalue weighted by molar-refractivity contribution is 5.93. The topological polar surface area (TPSA) is 78.4 Å². The smallest absolute Gasteiger partial charge is 0.272 e. The van der Waals surface area contributed by atoms with Crippen LogP contribution in [0.15, 0.2) is 6.07 Å². The van der Waals surface area contributed by atoms with Crippen LogP contribution < -0.4 is 5.32 Å². The van der Waals surface area contributed by atoms with Gasteiger partial charge in [0.1, 0.15) is 17.3 Å². The minimum Gasteiger partial charge on any atom is -0.370 e. The van der Waals surface area contributed by atoms with Crippen molar-refractivity contribution >= 4 is 17.6 Å². The second-order valence-electron chi connectivity index (χ2n) is 6.59. The number of carbonyl (C=O) groups is 2. The lowest BCUT2D eigenvalue weighted by molar-refractivity contribution is -0.130. The second-order valence-corrected chi connectivity index (χ2v) is 6.59. The van der Waals surface area contributed by atoms with Crippen LogP contribution in [0.2, 0.25) is 0 Å². The molecule has 0 aromatic carbocycles. The summed E-state index contributed by atoms with van der Waals surface area (Å²) in [7, 11) is 0. The van der Waals surface area contributed by atoms with Gasteiger partial charge in [0, 0.05) is 45.7 Å². The highest BCUT2D eigenvalue weighted by Gasteiger charge is 2.24. The van der Waals surface area contributed by atoms with E-state index in [0.29, 0.717) is 49.4 Å². The fourth-order valence-electron chi connectivity index (χ4n) is 2.64. The van der Waals surface area contributed by atoms with E-state index in [1.807, 2.05) is 0 Å². The number of carbonyl (C=O) groups excluding carboxylic acids is 2. The highest BCUT2D eigenvalue weighted by atomic mass is 16.2. The normalized spacial score (nSPS) is 14.9. The molecule has 1 fully saturated rings. The molecule has 132 valence electrons. The van der Waals surface area contributed by atoms with E-state index >= 15 is 0 Å². The Morgan fingerprint density at radius 2 is 1.79 bits per heavy atom. The lowest BCUT2D eigenvalue weighted by Crippen LogP contribution is -2.50. The second kappa shape index (κ2) is 8.08. The van der Waals surface area contributed by atoms with Crippen molar-refractivity contribution in [2.24, 2.45) is 5.92 Å². The summed E-state index contributed by atoms with van der Waals surface area (Å²) in [5, 5.41) is 3.26. The van der Waals surface area contributed by atoms with E-state index in [4.69, 9.17) is 0 Å². The van der Waals surface area contributed by atoms with Crippen molar-refractivity contribution in [3.8, 4) is 0 Å². The molecule has 1 N–H and O–H groups in total. The molecule has 0 aliphatic carbocycles. The van der Waals surface area contributed by atoms with Gasteiger partial charge in [0.25, 0.3) is 5.91 Å². The molecule has 1 aliphatic heterocycles. The Balaban J connectivity index is 2.01. The largest absolute Gasteiger partial charge is 0.370 e. The molecule has 0 atom stereocenters. The quantitative estimate of drug-likeness (QED) is 0.884. The van der Waals surface area contributed by atoms with Crippen molar-refractivity contribution in [2.75, 3.05) is 38.0 Å². The van der Waals surface area contributed by atoms with Crippen molar-refractivity contribution < 1.29 is 9.59 Å². The Hall–Kier alpha value is -2.18. The number of aromatic nitrogens is 2. The number of hydrogen-bond acceptors (Lipinski definition) is 5. The number of piperazine rings is 1. The molecule has 1 saturated heterocycles. The van der Waals surface area contributed by atoms with Crippen LogP contribution in [-0.4, -0.2) is 64.3 Å². The third kappa shape index (κ3) is 4.91. The maximum absolute atomic E-state index is 12.7. The summed E-state index contributed by atoms with van der Waals surface area (Å²) in [5.41, 5.74) is 0.408. The van der Waals surface area contributed by atoms with Crippen molar-refractivity contribution in [1.82, 2.24) is 19.8 Å². The number of aryl methyl sites for hydroxylation is 1. The SMILES string of the molecule is CC(=O)N1CCN(C(=O)c2cc(NCCC(C)C)nc(C)n2)CC1. The van der Waals surface area contributed by atoms with Crippen LogP contribution in [0, 0.1) is 12.8 Å². The van der Waals surface area contributed by atoms with Gasteiger partial charge < -0.3 is 15.1 Å². The molecule has 2 rings (SSSR count). The van der Waals surface area contributed by atoms with Crippen LogP contribution in [0.5, 0.6) is 0 Å². The summed E-state index contributed by atoms with van der Waals surface area (Å²) < 4.78 is 0. The first kappa shape index (κ1) is 18.2. The molecule has 2 heterocycles. The van der Waals surface area contributed by atoms with Gasteiger partial charge in [-0.05, 0) is 19.3 Å². The van der Waals surface area contributed by atoms with E-state index in [1.165, 1.54) is 0 Å². The molecular formula is C17H27N5O2. The van der Waals surface area contributed by atoms with Crippen LogP contribution in [0.3, 0.4) is 0 Å². The summed E-state index contributed by atoms with van der Waals surface area (Å²) in [4.78, 5) is 36.2. The molecule has 0 bridgehead atoms. The van der Waals surface area contributed by atoms with Crippen LogP contribution in [0.4, 0.5) is 5.82 Å². The zero-order valence-electron chi connectivity index (χ0n) is 15.0. The Kier molecular flexibility index (Phi) is 6.11. The lowest BCUT2D eigenvalue weighted by Gasteiger charge is -2.34. The predicted octanol–water partition coefficient (Wildman–Crippen LogP) is 1.55. The molecule has 0 saturated carbocycles. The molecule has 0 radical (unpaired) electrons. The minimum absolute atomic E-state index is 0.0524. The van der Waals surface area contributed by atoms with E-state index in [1.54, 1.807) is 29.7 Å². The summed E-state index contributed by atoms with van der Waals surface area (Å²) in [6, 6.07) is 1.72. The Labute approximate surface area is 143 Å². The molecule has 7 heteroatoms. The molecule has 1 aliphatic rings. The average molecular weight is 333 g/mol. The first-order valence-corrected chi connectivity index (χ1v) is 8.51. The molecule has 2 amide bonds. The number of nitrogens with zero attached hydrogens (tertiary/aromatic N) is 4. The fraction of sp³-hybridized carbons (Fsp3) is 0.647. The molecule has 7 nitrogen and oxygen atoms in total. The van der Waals surface area contributed by atoms with Gasteiger partial charge >= 0.3 is 0 Å². The molecular weight excluding hydrogens is 306 g/mol. The Morgan fingerprint density at radius 3 is 2.38 bits per heavy atom. The number of amides is 2. The van der Waals surface area contributed by atoms with Gasteiger partial charge in [-0.25, -0.2) is 9.97 Å². The van der Waals surface area contributed by atoms with E-state index in [2.05, 4.69) is 29.1 Å². The van der Waals surface area contributed by atoms with E-state index in [9.17, 15) is 9.59 Å². The first-order chi connectivity index (χ1) is 11.4. The van der Waals surface area contributed by atoms with Crippen molar-refractivity contribution in [2.45, 2.75) is 34.1 Å². The maximum Gasteiger partial charge on any atom is 0.272 e.